The number of nitrogens with one attached hydrogen (secondary N) is 1. The van der Waals surface area contributed by atoms with Crippen LogP contribution in [0.25, 0.3) is 0 Å². The first-order valence-electron chi connectivity index (χ1n) is 6.85. The zero-order valence-corrected chi connectivity index (χ0v) is 11.8. The minimum atomic E-state index is -1.02. The van der Waals surface area contributed by atoms with E-state index in [0.29, 0.717) is 24.1 Å². The highest BCUT2D eigenvalue weighted by Gasteiger charge is 2.22. The molecule has 1 unspecified atom stereocenters. The number of benzene rings is 1. The first-order valence-corrected chi connectivity index (χ1v) is 6.85. The predicted octanol–water partition coefficient (Wildman–Crippen LogP) is 0.571. The highest BCUT2D eigenvalue weighted by atomic mass is 16.5. The molecule has 6 heteroatoms. The van der Waals surface area contributed by atoms with Gasteiger partial charge in [-0.1, -0.05) is 12.1 Å². The monoisotopic (exact) mass is 293 g/mol. The van der Waals surface area contributed by atoms with Crippen molar-refractivity contribution < 1.29 is 24.5 Å². The Hall–Kier alpha value is -1.76. The van der Waals surface area contributed by atoms with Crippen LogP contribution in [0.4, 0.5) is 5.69 Å². The van der Waals surface area contributed by atoms with Gasteiger partial charge in [0.05, 0.1) is 13.2 Å². The van der Waals surface area contributed by atoms with Gasteiger partial charge in [0.2, 0.25) is 5.91 Å². The van der Waals surface area contributed by atoms with Crippen molar-refractivity contribution in [3.8, 4) is 0 Å². The molecule has 1 heterocycles. The van der Waals surface area contributed by atoms with E-state index in [0.717, 1.165) is 5.56 Å². The van der Waals surface area contributed by atoms with Gasteiger partial charge in [0.1, 0.15) is 12.2 Å². The zero-order chi connectivity index (χ0) is 15.4. The van der Waals surface area contributed by atoms with Crippen LogP contribution in [-0.2, 0) is 20.7 Å². The van der Waals surface area contributed by atoms with Gasteiger partial charge in [0.15, 0.2) is 5.78 Å². The summed E-state index contributed by atoms with van der Waals surface area (Å²) in [6.07, 6.45) is -0.711. The number of hydrogen-bond donors (Lipinski definition) is 3. The van der Waals surface area contributed by atoms with Crippen LogP contribution in [0.3, 0.4) is 0 Å². The average molecular weight is 293 g/mol. The molecule has 1 aromatic carbocycles. The molecule has 0 saturated heterocycles. The second kappa shape index (κ2) is 6.80. The second-order valence-corrected chi connectivity index (χ2v) is 5.13. The Bertz CT molecular complexity index is 543. The molecular formula is C15H19NO5. The first-order chi connectivity index (χ1) is 10.0. The number of carbonyl (C=O) groups is 2. The molecule has 1 amide bonds. The van der Waals surface area contributed by atoms with Crippen LogP contribution in [0, 0.1) is 0 Å². The lowest BCUT2D eigenvalue weighted by atomic mass is 9.97. The molecular weight excluding hydrogens is 274 g/mol. The molecule has 2 atom stereocenters. The van der Waals surface area contributed by atoms with Crippen molar-refractivity contribution in [2.75, 3.05) is 18.5 Å². The molecule has 0 aromatic heterocycles. The number of carbonyl (C=O) groups excluding carboxylic acids is 2. The van der Waals surface area contributed by atoms with Crippen molar-refractivity contribution in [3.05, 3.63) is 29.3 Å². The van der Waals surface area contributed by atoms with Gasteiger partial charge in [-0.15, -0.1) is 0 Å². The third kappa shape index (κ3) is 3.87. The van der Waals surface area contributed by atoms with E-state index in [1.807, 2.05) is 6.07 Å². The zero-order valence-electron chi connectivity index (χ0n) is 11.8. The van der Waals surface area contributed by atoms with Gasteiger partial charge < -0.3 is 20.3 Å². The lowest BCUT2D eigenvalue weighted by molar-refractivity contribution is -0.131. The second-order valence-electron chi connectivity index (χ2n) is 5.13. The molecule has 6 nitrogen and oxygen atoms in total. The normalized spacial score (nSPS) is 16.8. The predicted molar refractivity (Wildman–Crippen MR) is 75.9 cm³/mol. The van der Waals surface area contributed by atoms with E-state index in [9.17, 15) is 14.7 Å². The fraction of sp³-hybridized carbons (Fsp3) is 0.467. The Balaban J connectivity index is 2.18. The Kier molecular flexibility index (Phi) is 5.06. The van der Waals surface area contributed by atoms with Crippen LogP contribution in [0.2, 0.25) is 0 Å². The number of fused-ring (bicyclic) bond motifs is 1. The summed E-state index contributed by atoms with van der Waals surface area (Å²) in [5.74, 6) is -0.252. The Morgan fingerprint density at radius 2 is 2.19 bits per heavy atom. The number of Topliss-reactive ketones (excluding diaryl/α,β-unsaturated/α-hetero) is 1. The smallest absolute Gasteiger partial charge is 0.224 e. The van der Waals surface area contributed by atoms with E-state index in [-0.39, 0.29) is 18.3 Å². The fourth-order valence-electron chi connectivity index (χ4n) is 2.26. The van der Waals surface area contributed by atoms with Gasteiger partial charge in [-0.25, -0.2) is 0 Å². The number of aliphatic hydroxyl groups excluding tert-OH is 2. The van der Waals surface area contributed by atoms with Crippen molar-refractivity contribution in [2.45, 2.75) is 32.0 Å². The average Bonchev–Trinajstić information content (AvgIpc) is 2.46. The van der Waals surface area contributed by atoms with Crippen LogP contribution in [-0.4, -0.2) is 41.2 Å². The summed E-state index contributed by atoms with van der Waals surface area (Å²) in [4.78, 5) is 23.1. The SMILES string of the molecule is CC(=O)[C@H](OCC(O)CO)c1ccc2c(c1)NC(=O)CC2. The Morgan fingerprint density at radius 3 is 2.86 bits per heavy atom. The number of hydrogen-bond acceptors (Lipinski definition) is 5. The molecule has 114 valence electrons. The molecule has 21 heavy (non-hydrogen) atoms. The van der Waals surface area contributed by atoms with Crippen LogP contribution < -0.4 is 5.32 Å². The van der Waals surface area contributed by atoms with Crippen molar-refractivity contribution in [1.82, 2.24) is 0 Å². The maximum Gasteiger partial charge on any atom is 0.224 e. The molecule has 1 aliphatic rings. The summed E-state index contributed by atoms with van der Waals surface area (Å²) in [6, 6.07) is 5.38. The van der Waals surface area contributed by atoms with Gasteiger partial charge >= 0.3 is 0 Å². The lowest BCUT2D eigenvalue weighted by Crippen LogP contribution is -2.24. The summed E-state index contributed by atoms with van der Waals surface area (Å²) in [6.45, 7) is 0.836. The van der Waals surface area contributed by atoms with Gasteiger partial charge in [-0.2, -0.15) is 0 Å². The summed E-state index contributed by atoms with van der Waals surface area (Å²) in [5, 5.41) is 20.9. The third-order valence-electron chi connectivity index (χ3n) is 3.37. The summed E-state index contributed by atoms with van der Waals surface area (Å²) >= 11 is 0. The molecule has 0 saturated carbocycles. The van der Waals surface area contributed by atoms with Crippen molar-refractivity contribution in [2.24, 2.45) is 0 Å². The lowest BCUT2D eigenvalue weighted by Gasteiger charge is -2.21. The first kappa shape index (κ1) is 15.6. The summed E-state index contributed by atoms with van der Waals surface area (Å²) in [7, 11) is 0. The Labute approximate surface area is 122 Å². The Morgan fingerprint density at radius 1 is 1.43 bits per heavy atom. The molecule has 0 fully saturated rings. The fourth-order valence-corrected chi connectivity index (χ4v) is 2.26. The topological polar surface area (TPSA) is 95.9 Å². The molecule has 0 spiro atoms. The van der Waals surface area contributed by atoms with Crippen molar-refractivity contribution >= 4 is 17.4 Å². The number of ether oxygens (including phenoxy) is 1. The maximum absolute atomic E-state index is 11.7. The molecule has 1 aliphatic heterocycles. The number of rotatable bonds is 6. The van der Waals surface area contributed by atoms with E-state index in [4.69, 9.17) is 9.84 Å². The van der Waals surface area contributed by atoms with E-state index < -0.39 is 18.8 Å². The molecule has 1 aromatic rings. The highest BCUT2D eigenvalue weighted by molar-refractivity contribution is 5.94. The molecule has 0 radical (unpaired) electrons. The molecule has 3 N–H and O–H groups in total. The van der Waals surface area contributed by atoms with Gasteiger partial charge in [-0.05, 0) is 30.5 Å². The minimum Gasteiger partial charge on any atom is -0.394 e. The number of aliphatic hydroxyl groups is 2. The number of ketones is 1. The largest absolute Gasteiger partial charge is 0.394 e. The van der Waals surface area contributed by atoms with E-state index in [1.54, 1.807) is 12.1 Å². The van der Waals surface area contributed by atoms with E-state index in [1.165, 1.54) is 6.92 Å². The number of amides is 1. The van der Waals surface area contributed by atoms with E-state index >= 15 is 0 Å². The van der Waals surface area contributed by atoms with Gasteiger partial charge in [0.25, 0.3) is 0 Å². The van der Waals surface area contributed by atoms with Crippen molar-refractivity contribution in [3.63, 3.8) is 0 Å². The standard InChI is InChI=1S/C15H19NO5/c1-9(18)15(21-8-12(19)7-17)11-3-2-10-4-5-14(20)16-13(10)6-11/h2-3,6,12,15,17,19H,4-5,7-8H2,1H3,(H,16,20)/t12?,15-/m0/s1. The number of aryl methyl sites for hydroxylation is 1. The maximum atomic E-state index is 11.7. The number of anilines is 1. The van der Waals surface area contributed by atoms with Crippen LogP contribution in [0.5, 0.6) is 0 Å². The molecule has 0 aliphatic carbocycles. The summed E-state index contributed by atoms with van der Waals surface area (Å²) < 4.78 is 5.39. The van der Waals surface area contributed by atoms with E-state index in [2.05, 4.69) is 5.32 Å². The van der Waals surface area contributed by atoms with Gasteiger partial charge in [0, 0.05) is 12.1 Å². The summed E-state index contributed by atoms with van der Waals surface area (Å²) in [5.41, 5.74) is 2.34. The highest BCUT2D eigenvalue weighted by Crippen LogP contribution is 2.28. The third-order valence-corrected chi connectivity index (χ3v) is 3.37. The molecule has 0 bridgehead atoms. The van der Waals surface area contributed by atoms with Crippen LogP contribution >= 0.6 is 0 Å². The quantitative estimate of drug-likeness (QED) is 0.712. The van der Waals surface area contributed by atoms with Crippen LogP contribution in [0.15, 0.2) is 18.2 Å². The minimum absolute atomic E-state index is 0.0457. The van der Waals surface area contributed by atoms with Gasteiger partial charge in [-0.3, -0.25) is 9.59 Å². The molecule has 2 rings (SSSR count). The van der Waals surface area contributed by atoms with Crippen LogP contribution in [0.1, 0.15) is 30.6 Å². The van der Waals surface area contributed by atoms with Crippen molar-refractivity contribution in [1.29, 1.82) is 0 Å².